The number of nitrogens with zero attached hydrogens (tertiary/aromatic N) is 2. The summed E-state index contributed by atoms with van der Waals surface area (Å²) < 4.78 is 0. The van der Waals surface area contributed by atoms with Crippen LogP contribution in [0.15, 0.2) is 53.5 Å². The molecule has 194 valence electrons. The van der Waals surface area contributed by atoms with Gasteiger partial charge in [-0.3, -0.25) is 14.5 Å². The van der Waals surface area contributed by atoms with E-state index >= 15 is 0 Å². The zero-order valence-corrected chi connectivity index (χ0v) is 23.0. The first-order chi connectivity index (χ1) is 17.8. The van der Waals surface area contributed by atoms with E-state index in [1.807, 2.05) is 17.0 Å². The van der Waals surface area contributed by atoms with Gasteiger partial charge in [-0.05, 0) is 117 Å². The smallest absolute Gasteiger partial charge is 0.238 e. The molecule has 1 atom stereocenters. The van der Waals surface area contributed by atoms with E-state index in [0.717, 1.165) is 29.9 Å². The summed E-state index contributed by atoms with van der Waals surface area (Å²) in [4.78, 5) is 33.3. The van der Waals surface area contributed by atoms with Crippen molar-refractivity contribution in [3.8, 4) is 0 Å². The number of halogens is 2. The third kappa shape index (κ3) is 5.57. The van der Waals surface area contributed by atoms with E-state index in [-0.39, 0.29) is 18.2 Å². The van der Waals surface area contributed by atoms with Crippen molar-refractivity contribution in [2.75, 3.05) is 11.9 Å². The molecule has 4 aliphatic carbocycles. The number of hydrogen-bond acceptors (Lipinski definition) is 4. The van der Waals surface area contributed by atoms with Gasteiger partial charge in [0.2, 0.25) is 11.8 Å². The summed E-state index contributed by atoms with van der Waals surface area (Å²) in [6, 6.07) is 14.3. The number of aliphatic imine (C=N–C) groups is 1. The third-order valence-corrected chi connectivity index (χ3v) is 10.3. The van der Waals surface area contributed by atoms with Crippen LogP contribution in [0.5, 0.6) is 0 Å². The molecule has 5 nitrogen and oxygen atoms in total. The minimum absolute atomic E-state index is 0.0348. The van der Waals surface area contributed by atoms with Gasteiger partial charge in [0.25, 0.3) is 0 Å². The SMILES string of the molecule is O=C(Nc1ccc(Cl)cc1)C1CC(=O)N(CCC23CC4CC(CC(C4)C2)C3)C(=Nc2ccc(Cl)cc2)S1. The van der Waals surface area contributed by atoms with Crippen LogP contribution in [0.2, 0.25) is 10.0 Å². The van der Waals surface area contributed by atoms with Gasteiger partial charge in [-0.15, -0.1) is 0 Å². The van der Waals surface area contributed by atoms with E-state index in [4.69, 9.17) is 28.2 Å². The number of anilines is 1. The van der Waals surface area contributed by atoms with Crippen LogP contribution < -0.4 is 5.32 Å². The summed E-state index contributed by atoms with van der Waals surface area (Å²) in [6.07, 6.45) is 9.33. The molecule has 5 fully saturated rings. The van der Waals surface area contributed by atoms with Crippen LogP contribution in [-0.2, 0) is 9.59 Å². The average molecular weight is 557 g/mol. The standard InChI is InChI=1S/C29H31Cl2N3O2S/c30-21-1-5-23(6-2-21)32-27(36)25-14-26(35)34(28(37-25)33-24-7-3-22(31)4-8-24)10-9-29-15-18-11-19(16-29)13-20(12-18)17-29/h1-8,18-20,25H,9-17H2,(H,32,36). The lowest BCUT2D eigenvalue weighted by Gasteiger charge is -2.57. The normalized spacial score (nSPS) is 31.7. The van der Waals surface area contributed by atoms with Crippen molar-refractivity contribution >= 4 is 63.3 Å². The van der Waals surface area contributed by atoms with Gasteiger partial charge in [0, 0.05) is 28.7 Å². The van der Waals surface area contributed by atoms with Crippen molar-refractivity contribution in [1.82, 2.24) is 4.90 Å². The number of thioether (sulfide) groups is 1. The first-order valence-corrected chi connectivity index (χ1v) is 14.9. The molecule has 4 bridgehead atoms. The highest BCUT2D eigenvalue weighted by Crippen LogP contribution is 2.61. The molecule has 8 heteroatoms. The minimum atomic E-state index is -0.551. The quantitative estimate of drug-likeness (QED) is 0.400. The zero-order chi connectivity index (χ0) is 25.6. The van der Waals surface area contributed by atoms with Gasteiger partial charge in [0.1, 0.15) is 5.25 Å². The number of carbonyl (C=O) groups excluding carboxylic acids is 2. The second-order valence-electron chi connectivity index (χ2n) is 11.4. The number of benzene rings is 2. The molecule has 4 saturated carbocycles. The highest BCUT2D eigenvalue weighted by Gasteiger charge is 2.51. The molecular weight excluding hydrogens is 525 g/mol. The summed E-state index contributed by atoms with van der Waals surface area (Å²) in [6.45, 7) is 0.663. The molecular formula is C29H31Cl2N3O2S. The van der Waals surface area contributed by atoms with E-state index < -0.39 is 5.25 Å². The van der Waals surface area contributed by atoms with Crippen LogP contribution in [0.3, 0.4) is 0 Å². The average Bonchev–Trinajstić information content (AvgIpc) is 2.85. The van der Waals surface area contributed by atoms with Crippen molar-refractivity contribution < 1.29 is 9.59 Å². The van der Waals surface area contributed by atoms with E-state index in [2.05, 4.69) is 5.32 Å². The van der Waals surface area contributed by atoms with Gasteiger partial charge < -0.3 is 5.32 Å². The molecule has 7 rings (SSSR count). The number of nitrogens with one attached hydrogen (secondary N) is 1. The number of hydrogen-bond donors (Lipinski definition) is 1. The lowest BCUT2D eigenvalue weighted by Crippen LogP contribution is -2.50. The zero-order valence-electron chi connectivity index (χ0n) is 20.7. The number of amidine groups is 1. The molecule has 2 aromatic rings. The molecule has 2 amide bonds. The lowest BCUT2D eigenvalue weighted by atomic mass is 9.49. The Hall–Kier alpha value is -2.02. The van der Waals surface area contributed by atoms with Crippen LogP contribution in [0.4, 0.5) is 11.4 Å². The monoisotopic (exact) mass is 555 g/mol. The second kappa shape index (κ2) is 10.3. The third-order valence-electron chi connectivity index (χ3n) is 8.63. The highest BCUT2D eigenvalue weighted by molar-refractivity contribution is 8.15. The van der Waals surface area contributed by atoms with Gasteiger partial charge in [0.15, 0.2) is 5.17 Å². The van der Waals surface area contributed by atoms with Crippen molar-refractivity contribution in [2.24, 2.45) is 28.2 Å². The van der Waals surface area contributed by atoms with Crippen molar-refractivity contribution in [3.05, 3.63) is 58.6 Å². The van der Waals surface area contributed by atoms with Gasteiger partial charge in [0.05, 0.1) is 5.69 Å². The van der Waals surface area contributed by atoms with E-state index in [1.54, 1.807) is 36.4 Å². The Morgan fingerprint density at radius 2 is 1.51 bits per heavy atom. The van der Waals surface area contributed by atoms with Gasteiger partial charge in [-0.1, -0.05) is 35.0 Å². The summed E-state index contributed by atoms with van der Waals surface area (Å²) in [5.41, 5.74) is 1.74. The van der Waals surface area contributed by atoms with Crippen LogP contribution >= 0.6 is 35.0 Å². The van der Waals surface area contributed by atoms with Crippen LogP contribution in [0.25, 0.3) is 0 Å². The maximum Gasteiger partial charge on any atom is 0.238 e. The molecule has 1 aliphatic heterocycles. The Morgan fingerprint density at radius 3 is 2.11 bits per heavy atom. The highest BCUT2D eigenvalue weighted by atomic mass is 35.5. The van der Waals surface area contributed by atoms with Crippen molar-refractivity contribution in [2.45, 2.75) is 56.6 Å². The summed E-state index contributed by atoms with van der Waals surface area (Å²) >= 11 is 13.4. The molecule has 37 heavy (non-hydrogen) atoms. The van der Waals surface area contributed by atoms with E-state index in [0.29, 0.717) is 32.9 Å². The van der Waals surface area contributed by atoms with E-state index in [1.165, 1.54) is 50.3 Å². The predicted octanol–water partition coefficient (Wildman–Crippen LogP) is 7.56. The van der Waals surface area contributed by atoms with Crippen molar-refractivity contribution in [3.63, 3.8) is 0 Å². The minimum Gasteiger partial charge on any atom is -0.325 e. The molecule has 0 aromatic heterocycles. The largest absolute Gasteiger partial charge is 0.325 e. The van der Waals surface area contributed by atoms with Gasteiger partial charge in [-0.2, -0.15) is 0 Å². The Kier molecular flexibility index (Phi) is 7.02. The molecule has 1 saturated heterocycles. The fraction of sp³-hybridized carbons (Fsp3) is 0.483. The summed E-state index contributed by atoms with van der Waals surface area (Å²) in [5.74, 6) is 2.39. The lowest BCUT2D eigenvalue weighted by molar-refractivity contribution is -0.130. The topological polar surface area (TPSA) is 61.8 Å². The molecule has 5 aliphatic rings. The Balaban J connectivity index is 1.21. The summed E-state index contributed by atoms with van der Waals surface area (Å²) in [7, 11) is 0. The second-order valence-corrected chi connectivity index (χ2v) is 13.4. The molecule has 2 aromatic carbocycles. The molecule has 1 N–H and O–H groups in total. The number of amides is 2. The molecule has 0 spiro atoms. The Morgan fingerprint density at radius 1 is 0.946 bits per heavy atom. The first kappa shape index (κ1) is 25.3. The fourth-order valence-corrected chi connectivity index (χ4v) is 8.77. The van der Waals surface area contributed by atoms with Gasteiger partial charge in [-0.25, -0.2) is 4.99 Å². The maximum atomic E-state index is 13.5. The Labute approximate surface area is 232 Å². The first-order valence-electron chi connectivity index (χ1n) is 13.2. The van der Waals surface area contributed by atoms with Crippen LogP contribution in [0, 0.1) is 23.2 Å². The van der Waals surface area contributed by atoms with Crippen LogP contribution in [-0.4, -0.2) is 33.7 Å². The number of rotatable bonds is 6. The maximum absolute atomic E-state index is 13.5. The Bertz CT molecular complexity index is 1180. The molecule has 0 radical (unpaired) electrons. The molecule has 1 unspecified atom stereocenters. The summed E-state index contributed by atoms with van der Waals surface area (Å²) in [5, 5.41) is 4.21. The molecule has 1 heterocycles. The predicted molar refractivity (Wildman–Crippen MR) is 152 cm³/mol. The van der Waals surface area contributed by atoms with Crippen LogP contribution in [0.1, 0.15) is 51.4 Å². The number of carbonyl (C=O) groups is 2. The van der Waals surface area contributed by atoms with Crippen molar-refractivity contribution in [1.29, 1.82) is 0 Å². The van der Waals surface area contributed by atoms with Gasteiger partial charge >= 0.3 is 0 Å². The van der Waals surface area contributed by atoms with E-state index in [9.17, 15) is 9.59 Å². The fourth-order valence-electron chi connectivity index (χ4n) is 7.39.